The molecule has 0 heterocycles. The molecule has 1 amide bonds. The number of ether oxygens (including phenoxy) is 3. The molecule has 0 radical (unpaired) electrons. The highest BCUT2D eigenvalue weighted by molar-refractivity contribution is 5.84. The van der Waals surface area contributed by atoms with Crippen molar-refractivity contribution in [2.45, 2.75) is 31.9 Å². The molecule has 0 spiro atoms. The van der Waals surface area contributed by atoms with Crippen molar-refractivity contribution in [1.29, 1.82) is 5.26 Å². The number of aliphatic hydroxyl groups excluding tert-OH is 1. The molecule has 0 aliphatic heterocycles. The highest BCUT2D eigenvalue weighted by Crippen LogP contribution is 2.27. The van der Waals surface area contributed by atoms with Crippen molar-refractivity contribution in [3.63, 3.8) is 0 Å². The molecular formula is C17H22N2O6. The van der Waals surface area contributed by atoms with Crippen LogP contribution in [-0.2, 0) is 14.3 Å². The third-order valence-electron chi connectivity index (χ3n) is 3.35. The summed E-state index contributed by atoms with van der Waals surface area (Å²) in [7, 11) is 2.66. The lowest BCUT2D eigenvalue weighted by Gasteiger charge is -2.18. The summed E-state index contributed by atoms with van der Waals surface area (Å²) in [6.07, 6.45) is -0.558. The smallest absolute Gasteiger partial charge is 0.331 e. The molecule has 136 valence electrons. The van der Waals surface area contributed by atoms with Crippen LogP contribution in [0.5, 0.6) is 11.5 Å². The van der Waals surface area contributed by atoms with Crippen LogP contribution in [0.15, 0.2) is 18.2 Å². The van der Waals surface area contributed by atoms with Gasteiger partial charge in [0, 0.05) is 12.5 Å². The van der Waals surface area contributed by atoms with Crippen LogP contribution in [0.25, 0.3) is 0 Å². The Balaban J connectivity index is 2.46. The first-order valence-corrected chi connectivity index (χ1v) is 7.69. The number of methoxy groups -OCH3 is 2. The Kier molecular flexibility index (Phi) is 8.23. The van der Waals surface area contributed by atoms with Crippen molar-refractivity contribution in [2.24, 2.45) is 0 Å². The number of rotatable bonds is 9. The monoisotopic (exact) mass is 350 g/mol. The van der Waals surface area contributed by atoms with Gasteiger partial charge in [0.05, 0.1) is 38.6 Å². The Morgan fingerprint density at radius 3 is 2.60 bits per heavy atom. The SMILES string of the molecule is COC(=O)[C@@H](NC(=O)CCCOc1ccc(C#N)cc1OC)[C@@H](C)O. The number of carbonyl (C=O) groups excluding carboxylic acids is 2. The van der Waals surface area contributed by atoms with Gasteiger partial charge in [-0.3, -0.25) is 4.79 Å². The van der Waals surface area contributed by atoms with Crippen molar-refractivity contribution in [3.8, 4) is 17.6 Å². The van der Waals surface area contributed by atoms with E-state index in [4.69, 9.17) is 14.7 Å². The van der Waals surface area contributed by atoms with E-state index in [1.54, 1.807) is 18.2 Å². The molecule has 25 heavy (non-hydrogen) atoms. The van der Waals surface area contributed by atoms with Gasteiger partial charge in [-0.05, 0) is 25.5 Å². The van der Waals surface area contributed by atoms with E-state index in [0.29, 0.717) is 23.5 Å². The average Bonchev–Trinajstić information content (AvgIpc) is 2.62. The van der Waals surface area contributed by atoms with Gasteiger partial charge >= 0.3 is 5.97 Å². The minimum absolute atomic E-state index is 0.110. The summed E-state index contributed by atoms with van der Waals surface area (Å²) in [4.78, 5) is 23.3. The molecular weight excluding hydrogens is 328 g/mol. The van der Waals surface area contributed by atoms with E-state index in [0.717, 1.165) is 0 Å². The van der Waals surface area contributed by atoms with Crippen molar-refractivity contribution >= 4 is 11.9 Å². The van der Waals surface area contributed by atoms with Crippen LogP contribution in [0.1, 0.15) is 25.3 Å². The molecule has 8 heteroatoms. The first-order valence-electron chi connectivity index (χ1n) is 7.69. The van der Waals surface area contributed by atoms with E-state index >= 15 is 0 Å². The first-order chi connectivity index (χ1) is 11.9. The van der Waals surface area contributed by atoms with Crippen molar-refractivity contribution in [1.82, 2.24) is 5.32 Å². The van der Waals surface area contributed by atoms with E-state index in [-0.39, 0.29) is 13.0 Å². The quantitative estimate of drug-likeness (QED) is 0.499. The maximum Gasteiger partial charge on any atom is 0.331 e. The number of nitrogens with one attached hydrogen (secondary N) is 1. The Morgan fingerprint density at radius 2 is 2.04 bits per heavy atom. The Bertz CT molecular complexity index is 639. The highest BCUT2D eigenvalue weighted by atomic mass is 16.5. The second-order valence-corrected chi connectivity index (χ2v) is 5.24. The minimum Gasteiger partial charge on any atom is -0.493 e. The Morgan fingerprint density at radius 1 is 1.32 bits per heavy atom. The summed E-state index contributed by atoms with van der Waals surface area (Å²) in [6, 6.07) is 5.70. The normalized spacial score (nSPS) is 12.4. The van der Waals surface area contributed by atoms with Gasteiger partial charge < -0.3 is 24.6 Å². The summed E-state index contributed by atoms with van der Waals surface area (Å²) in [5, 5.41) is 20.8. The van der Waals surface area contributed by atoms with Crippen molar-refractivity contribution in [2.75, 3.05) is 20.8 Å². The van der Waals surface area contributed by atoms with E-state index < -0.39 is 24.0 Å². The lowest BCUT2D eigenvalue weighted by molar-refractivity contribution is -0.148. The molecule has 0 aliphatic carbocycles. The van der Waals surface area contributed by atoms with Crippen molar-refractivity contribution in [3.05, 3.63) is 23.8 Å². The molecule has 0 aliphatic rings. The van der Waals surface area contributed by atoms with E-state index in [1.165, 1.54) is 21.1 Å². The minimum atomic E-state index is -1.10. The molecule has 0 saturated carbocycles. The second kappa shape index (κ2) is 10.2. The number of carbonyl (C=O) groups is 2. The van der Waals surface area contributed by atoms with Gasteiger partial charge in [-0.2, -0.15) is 5.26 Å². The molecule has 0 saturated heterocycles. The van der Waals surface area contributed by atoms with E-state index in [9.17, 15) is 14.7 Å². The summed E-state index contributed by atoms with van der Waals surface area (Å²) >= 11 is 0. The Hall–Kier alpha value is -2.79. The zero-order chi connectivity index (χ0) is 18.8. The molecule has 1 rings (SSSR count). The second-order valence-electron chi connectivity index (χ2n) is 5.24. The van der Waals surface area contributed by atoms with Gasteiger partial charge in [-0.25, -0.2) is 4.79 Å². The fourth-order valence-corrected chi connectivity index (χ4v) is 2.02. The van der Waals surface area contributed by atoms with E-state index in [2.05, 4.69) is 10.1 Å². The average molecular weight is 350 g/mol. The van der Waals surface area contributed by atoms with Crippen molar-refractivity contribution < 1.29 is 28.9 Å². The molecule has 0 aromatic heterocycles. The molecule has 0 bridgehead atoms. The van der Waals surface area contributed by atoms with Gasteiger partial charge in [0.25, 0.3) is 0 Å². The maximum atomic E-state index is 11.8. The van der Waals surface area contributed by atoms with Crippen LogP contribution in [0, 0.1) is 11.3 Å². The number of benzene rings is 1. The van der Waals surface area contributed by atoms with E-state index in [1.807, 2.05) is 6.07 Å². The predicted octanol–water partition coefficient (Wildman–Crippen LogP) is 0.764. The maximum absolute atomic E-state index is 11.8. The molecule has 2 atom stereocenters. The third-order valence-corrected chi connectivity index (χ3v) is 3.35. The van der Waals surface area contributed by atoms with Gasteiger partial charge in [0.15, 0.2) is 17.5 Å². The summed E-state index contributed by atoms with van der Waals surface area (Å²) < 4.78 is 15.2. The lowest BCUT2D eigenvalue weighted by atomic mass is 10.1. The van der Waals surface area contributed by atoms with Gasteiger partial charge in [0.2, 0.25) is 5.91 Å². The van der Waals surface area contributed by atoms with Gasteiger partial charge in [0.1, 0.15) is 0 Å². The lowest BCUT2D eigenvalue weighted by Crippen LogP contribution is -2.48. The number of aliphatic hydroxyl groups is 1. The molecule has 1 aromatic carbocycles. The summed E-state index contributed by atoms with van der Waals surface area (Å²) in [5.41, 5.74) is 0.454. The third kappa shape index (κ3) is 6.31. The fourth-order valence-electron chi connectivity index (χ4n) is 2.02. The zero-order valence-corrected chi connectivity index (χ0v) is 14.4. The van der Waals surface area contributed by atoms with Crippen LogP contribution in [0.2, 0.25) is 0 Å². The molecule has 8 nitrogen and oxygen atoms in total. The predicted molar refractivity (Wildman–Crippen MR) is 88.1 cm³/mol. The Labute approximate surface area is 146 Å². The largest absolute Gasteiger partial charge is 0.493 e. The number of amides is 1. The zero-order valence-electron chi connectivity index (χ0n) is 14.4. The van der Waals surface area contributed by atoms with Crippen LogP contribution >= 0.6 is 0 Å². The molecule has 1 aromatic rings. The fraction of sp³-hybridized carbons (Fsp3) is 0.471. The number of hydrogen-bond donors (Lipinski definition) is 2. The summed E-state index contributed by atoms with van der Waals surface area (Å²) in [5.74, 6) is -0.199. The molecule has 0 fully saturated rings. The van der Waals surface area contributed by atoms with Crippen LogP contribution in [-0.4, -0.2) is 50.0 Å². The van der Waals surface area contributed by atoms with Gasteiger partial charge in [-0.15, -0.1) is 0 Å². The number of esters is 1. The van der Waals surface area contributed by atoms with Gasteiger partial charge in [-0.1, -0.05) is 0 Å². The number of nitriles is 1. The first kappa shape index (κ1) is 20.3. The molecule has 2 N–H and O–H groups in total. The highest BCUT2D eigenvalue weighted by Gasteiger charge is 2.26. The van der Waals surface area contributed by atoms with Crippen LogP contribution in [0.3, 0.4) is 0 Å². The van der Waals surface area contributed by atoms with Crippen LogP contribution in [0.4, 0.5) is 0 Å². The topological polar surface area (TPSA) is 118 Å². The summed E-state index contributed by atoms with van der Waals surface area (Å²) in [6.45, 7) is 1.63. The standard InChI is InChI=1S/C17H22N2O6/c1-11(20)16(17(22)24-3)19-15(21)5-4-8-25-13-7-6-12(10-18)9-14(13)23-2/h6-7,9,11,16,20H,4-5,8H2,1-3H3,(H,19,21)/t11-,16+/m1/s1. The van der Waals surface area contributed by atoms with Crippen LogP contribution < -0.4 is 14.8 Å². The molecule has 0 unspecified atom stereocenters. The number of nitrogens with zero attached hydrogens (tertiary/aromatic N) is 1. The number of hydrogen-bond acceptors (Lipinski definition) is 7.